The molecule has 7 rings (SSSR count). The lowest BCUT2D eigenvalue weighted by atomic mass is 9.85. The lowest BCUT2D eigenvalue weighted by Crippen LogP contribution is -2.10. The second-order valence-electron chi connectivity index (χ2n) is 14.1. The van der Waals surface area contributed by atoms with Gasteiger partial charge in [0.15, 0.2) is 5.82 Å². The van der Waals surface area contributed by atoms with E-state index in [9.17, 15) is 0 Å². The van der Waals surface area contributed by atoms with Gasteiger partial charge in [0, 0.05) is 33.6 Å². The van der Waals surface area contributed by atoms with E-state index in [4.69, 9.17) is 9.97 Å². The molecule has 7 aromatic rings. The van der Waals surface area contributed by atoms with Crippen molar-refractivity contribution in [2.24, 2.45) is 0 Å². The maximum atomic E-state index is 5.16. The molecule has 0 aliphatic rings. The minimum atomic E-state index is 0.0997. The van der Waals surface area contributed by atoms with Crippen molar-refractivity contribution in [3.8, 4) is 44.9 Å². The van der Waals surface area contributed by atoms with Gasteiger partial charge in [-0.15, -0.1) is 0 Å². The maximum absolute atomic E-state index is 5.16. The Balaban J connectivity index is 1.36. The molecule has 0 aliphatic heterocycles. The number of para-hydroxylation sites is 2. The zero-order valence-electron chi connectivity index (χ0n) is 26.9. The van der Waals surface area contributed by atoms with Crippen molar-refractivity contribution in [3.05, 3.63) is 133 Å². The van der Waals surface area contributed by atoms with Crippen LogP contribution < -0.4 is 0 Å². The average Bonchev–Trinajstić information content (AvgIpc) is 3.43. The van der Waals surface area contributed by atoms with Crippen LogP contribution >= 0.6 is 0 Å². The van der Waals surface area contributed by atoms with E-state index in [2.05, 4.69) is 156 Å². The van der Waals surface area contributed by atoms with Gasteiger partial charge in [0.05, 0.1) is 11.2 Å². The molecule has 5 aromatic carbocycles. The summed E-state index contributed by atoms with van der Waals surface area (Å²) in [6.45, 7) is 13.5. The second kappa shape index (κ2) is 10.9. The molecule has 0 amide bonds. The van der Waals surface area contributed by atoms with Gasteiger partial charge in [-0.1, -0.05) is 126 Å². The van der Waals surface area contributed by atoms with Crippen LogP contribution in [-0.4, -0.2) is 15.0 Å². The molecule has 2 aromatic heterocycles. The molecule has 0 bridgehead atoms. The fraction of sp³-hybridized carbons (Fsp3) is 0.190. The molecule has 0 atom stereocenters. The molecule has 0 unspecified atom stereocenters. The SMILES string of the molecule is CC(C)(C)c1ccc(-c2cc(-c3ccc(C(C)(C)C)cc3)cc(-c3nccc(-c4cccc5c4[nH]c4ccccc45)n3)c2)cc1. The van der Waals surface area contributed by atoms with Gasteiger partial charge >= 0.3 is 0 Å². The van der Waals surface area contributed by atoms with Crippen LogP contribution in [0.15, 0.2) is 121 Å². The molecule has 222 valence electrons. The summed E-state index contributed by atoms with van der Waals surface area (Å²) in [5.74, 6) is 0.710. The monoisotopic (exact) mass is 585 g/mol. The number of fused-ring (bicyclic) bond motifs is 3. The first-order chi connectivity index (χ1) is 21.5. The summed E-state index contributed by atoms with van der Waals surface area (Å²) in [6, 6.07) is 41.5. The smallest absolute Gasteiger partial charge is 0.159 e. The average molecular weight is 586 g/mol. The third-order valence-electron chi connectivity index (χ3n) is 8.83. The first-order valence-electron chi connectivity index (χ1n) is 15.7. The fourth-order valence-corrected chi connectivity index (χ4v) is 6.15. The van der Waals surface area contributed by atoms with Gasteiger partial charge in [0.2, 0.25) is 0 Å². The molecule has 0 aliphatic carbocycles. The quantitative estimate of drug-likeness (QED) is 0.223. The van der Waals surface area contributed by atoms with E-state index in [1.54, 1.807) is 0 Å². The first-order valence-corrected chi connectivity index (χ1v) is 15.7. The van der Waals surface area contributed by atoms with Crippen LogP contribution in [0.1, 0.15) is 52.7 Å². The normalized spacial score (nSPS) is 12.2. The summed E-state index contributed by atoms with van der Waals surface area (Å²) >= 11 is 0. The Kier molecular flexibility index (Phi) is 6.93. The highest BCUT2D eigenvalue weighted by molar-refractivity contribution is 6.11. The molecule has 0 radical (unpaired) electrons. The molecule has 45 heavy (non-hydrogen) atoms. The molecule has 3 nitrogen and oxygen atoms in total. The Morgan fingerprint density at radius 3 is 1.67 bits per heavy atom. The number of benzene rings is 5. The predicted octanol–water partition coefficient (Wildman–Crippen LogP) is 11.4. The van der Waals surface area contributed by atoms with Crippen molar-refractivity contribution in [1.82, 2.24) is 15.0 Å². The van der Waals surface area contributed by atoms with Crippen molar-refractivity contribution < 1.29 is 0 Å². The number of nitrogens with one attached hydrogen (secondary N) is 1. The molecule has 0 fully saturated rings. The van der Waals surface area contributed by atoms with E-state index in [0.29, 0.717) is 5.82 Å². The highest BCUT2D eigenvalue weighted by Crippen LogP contribution is 2.36. The van der Waals surface area contributed by atoms with Crippen molar-refractivity contribution >= 4 is 21.8 Å². The van der Waals surface area contributed by atoms with Gasteiger partial charge in [-0.3, -0.25) is 0 Å². The van der Waals surface area contributed by atoms with Crippen molar-refractivity contribution in [2.75, 3.05) is 0 Å². The molecule has 0 saturated carbocycles. The van der Waals surface area contributed by atoms with E-state index in [0.717, 1.165) is 39.0 Å². The Hall–Kier alpha value is -5.02. The summed E-state index contributed by atoms with van der Waals surface area (Å²) in [6.07, 6.45) is 1.88. The van der Waals surface area contributed by atoms with Crippen LogP contribution in [0.2, 0.25) is 0 Å². The van der Waals surface area contributed by atoms with E-state index in [-0.39, 0.29) is 10.8 Å². The lowest BCUT2D eigenvalue weighted by molar-refractivity contribution is 0.590. The van der Waals surface area contributed by atoms with Gasteiger partial charge in [-0.05, 0) is 74.5 Å². The number of aromatic amines is 1. The van der Waals surface area contributed by atoms with Gasteiger partial charge in [-0.2, -0.15) is 0 Å². The third-order valence-corrected chi connectivity index (χ3v) is 8.83. The van der Waals surface area contributed by atoms with Gasteiger partial charge in [0.1, 0.15) is 0 Å². The van der Waals surface area contributed by atoms with Crippen molar-refractivity contribution in [3.63, 3.8) is 0 Å². The van der Waals surface area contributed by atoms with Gasteiger partial charge in [0.25, 0.3) is 0 Å². The molecule has 3 heteroatoms. The summed E-state index contributed by atoms with van der Waals surface area (Å²) < 4.78 is 0. The molecular formula is C42H39N3. The Morgan fingerprint density at radius 2 is 1.07 bits per heavy atom. The van der Waals surface area contributed by atoms with Crippen LogP contribution in [0, 0.1) is 0 Å². The highest BCUT2D eigenvalue weighted by atomic mass is 14.9. The van der Waals surface area contributed by atoms with Crippen LogP contribution in [-0.2, 0) is 10.8 Å². The summed E-state index contributed by atoms with van der Waals surface area (Å²) in [4.78, 5) is 13.6. The Bertz CT molecular complexity index is 2080. The Morgan fingerprint density at radius 1 is 0.511 bits per heavy atom. The minimum Gasteiger partial charge on any atom is -0.354 e. The summed E-state index contributed by atoms with van der Waals surface area (Å²) in [7, 11) is 0. The number of hydrogen-bond acceptors (Lipinski definition) is 2. The van der Waals surface area contributed by atoms with Crippen LogP contribution in [0.4, 0.5) is 0 Å². The molecule has 0 spiro atoms. The zero-order valence-corrected chi connectivity index (χ0v) is 26.9. The molecule has 0 saturated heterocycles. The molecular weight excluding hydrogens is 546 g/mol. The van der Waals surface area contributed by atoms with E-state index in [1.807, 2.05) is 12.3 Å². The number of H-pyrrole nitrogens is 1. The predicted molar refractivity (Wildman–Crippen MR) is 191 cm³/mol. The largest absolute Gasteiger partial charge is 0.354 e. The maximum Gasteiger partial charge on any atom is 0.159 e. The van der Waals surface area contributed by atoms with Crippen LogP contribution in [0.25, 0.3) is 66.7 Å². The minimum absolute atomic E-state index is 0.0997. The number of rotatable bonds is 4. The number of nitrogens with zero attached hydrogens (tertiary/aromatic N) is 2. The topological polar surface area (TPSA) is 41.6 Å². The molecule has 1 N–H and O–H groups in total. The summed E-state index contributed by atoms with van der Waals surface area (Å²) in [5.41, 5.74) is 12.7. The summed E-state index contributed by atoms with van der Waals surface area (Å²) in [5, 5.41) is 2.42. The van der Waals surface area contributed by atoms with E-state index >= 15 is 0 Å². The van der Waals surface area contributed by atoms with Crippen LogP contribution in [0.3, 0.4) is 0 Å². The second-order valence-corrected chi connectivity index (χ2v) is 14.1. The molecule has 2 heterocycles. The van der Waals surface area contributed by atoms with Crippen molar-refractivity contribution in [2.45, 2.75) is 52.4 Å². The fourth-order valence-electron chi connectivity index (χ4n) is 6.15. The number of aromatic nitrogens is 3. The standard InChI is InChI=1S/C42H39N3/c1-41(2,3)32-18-14-27(15-19-32)29-24-30(28-16-20-33(21-17-28)42(4,5)6)26-31(25-29)40-43-23-22-38(45-40)36-12-9-11-35-34-10-7-8-13-37(34)44-39(35)36/h7-26,44H,1-6H3. The van der Waals surface area contributed by atoms with Crippen molar-refractivity contribution in [1.29, 1.82) is 0 Å². The van der Waals surface area contributed by atoms with Crippen LogP contribution in [0.5, 0.6) is 0 Å². The van der Waals surface area contributed by atoms with Gasteiger partial charge in [-0.25, -0.2) is 9.97 Å². The first kappa shape index (κ1) is 28.7. The van der Waals surface area contributed by atoms with Gasteiger partial charge < -0.3 is 4.98 Å². The number of hydrogen-bond donors (Lipinski definition) is 1. The lowest BCUT2D eigenvalue weighted by Gasteiger charge is -2.20. The third kappa shape index (κ3) is 5.55. The Labute approximate surface area is 266 Å². The van der Waals surface area contributed by atoms with E-state index in [1.165, 1.54) is 33.0 Å². The van der Waals surface area contributed by atoms with E-state index < -0.39 is 0 Å². The highest BCUT2D eigenvalue weighted by Gasteiger charge is 2.17. The zero-order chi connectivity index (χ0) is 31.3.